The second-order valence-electron chi connectivity index (χ2n) is 5.01. The monoisotopic (exact) mass is 240 g/mol. The van der Waals surface area contributed by atoms with Gasteiger partial charge in [-0.25, -0.2) is 0 Å². The van der Waals surface area contributed by atoms with E-state index >= 15 is 0 Å². The lowest BCUT2D eigenvalue weighted by Gasteiger charge is -2.10. The maximum atomic E-state index is 5.97. The molecule has 2 aromatic carbocycles. The van der Waals surface area contributed by atoms with Gasteiger partial charge < -0.3 is 11.5 Å². The van der Waals surface area contributed by atoms with Gasteiger partial charge in [0.25, 0.3) is 0 Å². The Hall–Kier alpha value is -1.96. The predicted molar refractivity (Wildman–Crippen MR) is 78.7 cm³/mol. The maximum Gasteiger partial charge on any atom is 0.0373 e. The van der Waals surface area contributed by atoms with Gasteiger partial charge in [0.15, 0.2) is 0 Å². The first-order valence-electron chi connectivity index (χ1n) is 6.18. The van der Waals surface area contributed by atoms with Crippen LogP contribution in [0.3, 0.4) is 0 Å². The van der Waals surface area contributed by atoms with Crippen LogP contribution < -0.4 is 11.5 Å². The van der Waals surface area contributed by atoms with E-state index in [2.05, 4.69) is 38.1 Å². The minimum absolute atomic E-state index is 0.850. The normalized spacial score (nSPS) is 10.6. The molecule has 0 bridgehead atoms. The van der Waals surface area contributed by atoms with Crippen LogP contribution >= 0.6 is 0 Å². The zero-order chi connectivity index (χ0) is 13.3. The minimum Gasteiger partial charge on any atom is -0.399 e. The van der Waals surface area contributed by atoms with Crippen LogP contribution in [0.1, 0.15) is 27.8 Å². The van der Waals surface area contributed by atoms with Crippen molar-refractivity contribution in [3.05, 3.63) is 58.1 Å². The standard InChI is InChI=1S/C16H20N2/c1-10-6-13(4-5-15(10)17)9-14-7-11(2)16(18)12(3)8-14/h4-8H,9,17-18H2,1-3H3. The quantitative estimate of drug-likeness (QED) is 0.791. The van der Waals surface area contributed by atoms with E-state index in [1.165, 1.54) is 11.1 Å². The number of nitrogens with two attached hydrogens (primary N) is 2. The molecule has 4 N–H and O–H groups in total. The van der Waals surface area contributed by atoms with Gasteiger partial charge in [-0.1, -0.05) is 24.3 Å². The summed E-state index contributed by atoms with van der Waals surface area (Å²) in [7, 11) is 0. The van der Waals surface area contributed by atoms with Crippen molar-refractivity contribution in [2.45, 2.75) is 27.2 Å². The molecule has 0 unspecified atom stereocenters. The number of anilines is 2. The fourth-order valence-corrected chi connectivity index (χ4v) is 2.25. The molecule has 0 aliphatic rings. The first-order chi connectivity index (χ1) is 8.47. The van der Waals surface area contributed by atoms with Gasteiger partial charge >= 0.3 is 0 Å². The highest BCUT2D eigenvalue weighted by atomic mass is 14.6. The molecule has 0 aliphatic carbocycles. The lowest BCUT2D eigenvalue weighted by Crippen LogP contribution is -1.98. The van der Waals surface area contributed by atoms with Gasteiger partial charge in [0.2, 0.25) is 0 Å². The molecule has 0 radical (unpaired) electrons. The van der Waals surface area contributed by atoms with Crippen LogP contribution in [0.2, 0.25) is 0 Å². The predicted octanol–water partition coefficient (Wildman–Crippen LogP) is 3.37. The number of hydrogen-bond donors (Lipinski definition) is 2. The fourth-order valence-electron chi connectivity index (χ4n) is 2.25. The van der Waals surface area contributed by atoms with Crippen LogP contribution in [-0.4, -0.2) is 0 Å². The third kappa shape index (κ3) is 2.48. The zero-order valence-electron chi connectivity index (χ0n) is 11.2. The number of hydrogen-bond acceptors (Lipinski definition) is 2. The van der Waals surface area contributed by atoms with Crippen LogP contribution in [0.25, 0.3) is 0 Å². The van der Waals surface area contributed by atoms with Gasteiger partial charge in [-0.2, -0.15) is 0 Å². The highest BCUT2D eigenvalue weighted by Gasteiger charge is 2.04. The van der Waals surface area contributed by atoms with Crippen molar-refractivity contribution in [1.29, 1.82) is 0 Å². The second kappa shape index (κ2) is 4.73. The summed E-state index contributed by atoms with van der Waals surface area (Å²) in [6, 6.07) is 10.5. The molecule has 0 heterocycles. The Bertz CT molecular complexity index is 563. The van der Waals surface area contributed by atoms with Gasteiger partial charge in [-0.05, 0) is 61.1 Å². The molecule has 0 aliphatic heterocycles. The Morgan fingerprint density at radius 2 is 1.33 bits per heavy atom. The van der Waals surface area contributed by atoms with E-state index < -0.39 is 0 Å². The molecule has 18 heavy (non-hydrogen) atoms. The van der Waals surface area contributed by atoms with E-state index in [0.717, 1.165) is 34.5 Å². The van der Waals surface area contributed by atoms with Crippen LogP contribution in [0, 0.1) is 20.8 Å². The summed E-state index contributed by atoms with van der Waals surface area (Å²) in [4.78, 5) is 0. The highest BCUT2D eigenvalue weighted by molar-refractivity contribution is 5.55. The molecule has 0 fully saturated rings. The molecule has 0 atom stereocenters. The first kappa shape index (κ1) is 12.5. The van der Waals surface area contributed by atoms with Crippen molar-refractivity contribution in [2.75, 3.05) is 11.5 Å². The van der Waals surface area contributed by atoms with Crippen molar-refractivity contribution in [3.8, 4) is 0 Å². The number of nitrogen functional groups attached to an aromatic ring is 2. The number of aryl methyl sites for hydroxylation is 3. The van der Waals surface area contributed by atoms with Crippen LogP contribution in [0.5, 0.6) is 0 Å². The first-order valence-corrected chi connectivity index (χ1v) is 6.18. The molecule has 0 aromatic heterocycles. The molecule has 2 rings (SSSR count). The molecule has 2 nitrogen and oxygen atoms in total. The van der Waals surface area contributed by atoms with Crippen molar-refractivity contribution >= 4 is 11.4 Å². The average molecular weight is 240 g/mol. The van der Waals surface area contributed by atoms with Gasteiger partial charge in [0.1, 0.15) is 0 Å². The summed E-state index contributed by atoms with van der Waals surface area (Å²) >= 11 is 0. The van der Waals surface area contributed by atoms with E-state index in [1.54, 1.807) is 0 Å². The van der Waals surface area contributed by atoms with E-state index in [9.17, 15) is 0 Å². The summed E-state index contributed by atoms with van der Waals surface area (Å²) in [6.07, 6.45) is 0.920. The van der Waals surface area contributed by atoms with Crippen molar-refractivity contribution in [3.63, 3.8) is 0 Å². The third-order valence-electron chi connectivity index (χ3n) is 3.40. The average Bonchev–Trinajstić information content (AvgIpc) is 2.31. The molecule has 0 amide bonds. The summed E-state index contributed by atoms with van der Waals surface area (Å²) in [5, 5.41) is 0. The molecular formula is C16H20N2. The van der Waals surface area contributed by atoms with Crippen molar-refractivity contribution < 1.29 is 0 Å². The third-order valence-corrected chi connectivity index (χ3v) is 3.40. The Balaban J connectivity index is 2.31. The van der Waals surface area contributed by atoms with Gasteiger partial charge in [-0.15, -0.1) is 0 Å². The van der Waals surface area contributed by atoms with Crippen LogP contribution in [-0.2, 0) is 6.42 Å². The Labute approximate surface area is 109 Å². The molecule has 94 valence electrons. The summed E-state index contributed by atoms with van der Waals surface area (Å²) in [5.74, 6) is 0. The number of benzene rings is 2. The molecule has 2 heteroatoms. The van der Waals surface area contributed by atoms with Crippen LogP contribution in [0.15, 0.2) is 30.3 Å². The van der Waals surface area contributed by atoms with E-state index in [4.69, 9.17) is 11.5 Å². The Morgan fingerprint density at radius 3 is 1.89 bits per heavy atom. The zero-order valence-corrected chi connectivity index (χ0v) is 11.2. The lowest BCUT2D eigenvalue weighted by molar-refractivity contribution is 1.16. The maximum absolute atomic E-state index is 5.97. The fraction of sp³-hybridized carbons (Fsp3) is 0.250. The molecule has 2 aromatic rings. The largest absolute Gasteiger partial charge is 0.399 e. The van der Waals surface area contributed by atoms with Gasteiger partial charge in [0, 0.05) is 11.4 Å². The van der Waals surface area contributed by atoms with E-state index in [-0.39, 0.29) is 0 Å². The molecule has 0 spiro atoms. The SMILES string of the molecule is Cc1cc(Cc2cc(C)c(N)c(C)c2)ccc1N. The molecular weight excluding hydrogens is 220 g/mol. The van der Waals surface area contributed by atoms with Crippen molar-refractivity contribution in [2.24, 2.45) is 0 Å². The van der Waals surface area contributed by atoms with E-state index in [0.29, 0.717) is 0 Å². The van der Waals surface area contributed by atoms with Crippen LogP contribution in [0.4, 0.5) is 11.4 Å². The minimum atomic E-state index is 0.850. The second-order valence-corrected chi connectivity index (χ2v) is 5.01. The summed E-state index contributed by atoms with van der Waals surface area (Å²) in [5.41, 5.74) is 19.6. The van der Waals surface area contributed by atoms with Gasteiger partial charge in [-0.3, -0.25) is 0 Å². The molecule has 0 saturated heterocycles. The topological polar surface area (TPSA) is 52.0 Å². The number of rotatable bonds is 2. The lowest BCUT2D eigenvalue weighted by atomic mass is 9.98. The van der Waals surface area contributed by atoms with E-state index in [1.807, 2.05) is 13.0 Å². The molecule has 0 saturated carbocycles. The van der Waals surface area contributed by atoms with Gasteiger partial charge in [0.05, 0.1) is 0 Å². The summed E-state index contributed by atoms with van der Waals surface area (Å²) < 4.78 is 0. The Kier molecular flexibility index (Phi) is 3.28. The summed E-state index contributed by atoms with van der Waals surface area (Å²) in [6.45, 7) is 6.15. The Morgan fingerprint density at radius 1 is 0.778 bits per heavy atom. The van der Waals surface area contributed by atoms with Crippen molar-refractivity contribution in [1.82, 2.24) is 0 Å². The smallest absolute Gasteiger partial charge is 0.0373 e. The highest BCUT2D eigenvalue weighted by Crippen LogP contribution is 2.22.